The van der Waals surface area contributed by atoms with Gasteiger partial charge in [0.05, 0.1) is 0 Å². The molecule has 4 N–H and O–H groups in total. The third kappa shape index (κ3) is 2.65. The largest absolute Gasteiger partial charge is 0.330 e. The van der Waals surface area contributed by atoms with Gasteiger partial charge in [0.25, 0.3) is 0 Å². The monoisotopic (exact) mass is 228 g/mol. The lowest BCUT2D eigenvalue weighted by molar-refractivity contribution is 0.444. The average Bonchev–Trinajstić information content (AvgIpc) is 2.37. The number of hydrogen-bond acceptors (Lipinski definition) is 2. The highest BCUT2D eigenvalue weighted by atomic mass is 14.7. The lowest BCUT2D eigenvalue weighted by Crippen LogP contribution is -2.21. The summed E-state index contributed by atoms with van der Waals surface area (Å²) in [6, 6.07) is 14.9. The molecule has 0 radical (unpaired) electrons. The molecular weight excluding hydrogens is 208 g/mol. The molecule has 2 atom stereocenters. The molecule has 2 aromatic rings. The Morgan fingerprint density at radius 2 is 1.76 bits per heavy atom. The van der Waals surface area contributed by atoms with Crippen molar-refractivity contribution in [3.05, 3.63) is 48.0 Å². The van der Waals surface area contributed by atoms with Crippen molar-refractivity contribution in [2.24, 2.45) is 17.4 Å². The molecule has 0 aliphatic carbocycles. The van der Waals surface area contributed by atoms with Crippen LogP contribution in [-0.4, -0.2) is 6.54 Å². The molecular formula is C15H20N2. The first-order chi connectivity index (χ1) is 8.22. The van der Waals surface area contributed by atoms with E-state index < -0.39 is 0 Å². The summed E-state index contributed by atoms with van der Waals surface area (Å²) >= 11 is 0. The fourth-order valence-corrected chi connectivity index (χ4v) is 2.19. The van der Waals surface area contributed by atoms with Crippen molar-refractivity contribution in [1.29, 1.82) is 0 Å². The molecule has 2 unspecified atom stereocenters. The van der Waals surface area contributed by atoms with Gasteiger partial charge >= 0.3 is 0 Å². The van der Waals surface area contributed by atoms with E-state index in [0.717, 1.165) is 6.42 Å². The van der Waals surface area contributed by atoms with Crippen LogP contribution in [0, 0.1) is 5.92 Å². The Balaban J connectivity index is 2.29. The van der Waals surface area contributed by atoms with Crippen LogP contribution >= 0.6 is 0 Å². The summed E-state index contributed by atoms with van der Waals surface area (Å²) in [4.78, 5) is 0. The van der Waals surface area contributed by atoms with E-state index in [1.807, 2.05) is 0 Å². The average molecular weight is 228 g/mol. The third-order valence-electron chi connectivity index (χ3n) is 3.39. The molecule has 0 amide bonds. The highest BCUT2D eigenvalue weighted by Gasteiger charge is 2.14. The predicted molar refractivity (Wildman–Crippen MR) is 73.7 cm³/mol. The second-order valence-electron chi connectivity index (χ2n) is 4.69. The standard InChI is InChI=1S/C15H20N2/c1-11(8-9-16)15(17)14-7-6-12-4-2-3-5-13(12)10-14/h2-7,10-11,15H,8-9,16-17H2,1H3. The number of fused-ring (bicyclic) bond motifs is 1. The van der Waals surface area contributed by atoms with Gasteiger partial charge in [-0.15, -0.1) is 0 Å². The predicted octanol–water partition coefficient (Wildman–Crippen LogP) is 2.82. The van der Waals surface area contributed by atoms with Crippen LogP contribution in [0.2, 0.25) is 0 Å². The Morgan fingerprint density at radius 1 is 1.06 bits per heavy atom. The number of rotatable bonds is 4. The quantitative estimate of drug-likeness (QED) is 0.845. The molecule has 0 spiro atoms. The van der Waals surface area contributed by atoms with E-state index in [2.05, 4.69) is 49.4 Å². The highest BCUT2D eigenvalue weighted by molar-refractivity contribution is 5.83. The molecule has 0 aliphatic rings. The molecule has 0 fully saturated rings. The van der Waals surface area contributed by atoms with E-state index in [1.165, 1.54) is 16.3 Å². The van der Waals surface area contributed by atoms with Crippen LogP contribution in [-0.2, 0) is 0 Å². The maximum Gasteiger partial charge on any atom is 0.0321 e. The summed E-state index contributed by atoms with van der Waals surface area (Å²) in [6.45, 7) is 2.86. The summed E-state index contributed by atoms with van der Waals surface area (Å²) in [6.07, 6.45) is 0.966. The van der Waals surface area contributed by atoms with Gasteiger partial charge in [0, 0.05) is 6.04 Å². The van der Waals surface area contributed by atoms with Crippen molar-refractivity contribution in [3.8, 4) is 0 Å². The molecule has 0 aliphatic heterocycles. The fourth-order valence-electron chi connectivity index (χ4n) is 2.19. The van der Waals surface area contributed by atoms with E-state index in [0.29, 0.717) is 12.5 Å². The van der Waals surface area contributed by atoms with Crippen LogP contribution in [0.4, 0.5) is 0 Å². The zero-order valence-corrected chi connectivity index (χ0v) is 10.3. The first-order valence-corrected chi connectivity index (χ1v) is 6.16. The Bertz CT molecular complexity index is 493. The summed E-state index contributed by atoms with van der Waals surface area (Å²) in [7, 11) is 0. The summed E-state index contributed by atoms with van der Waals surface area (Å²) < 4.78 is 0. The number of benzene rings is 2. The summed E-state index contributed by atoms with van der Waals surface area (Å²) in [5, 5.41) is 2.51. The molecule has 2 heteroatoms. The first kappa shape index (κ1) is 12.1. The molecule has 0 heterocycles. The lowest BCUT2D eigenvalue weighted by Gasteiger charge is -2.20. The zero-order chi connectivity index (χ0) is 12.3. The van der Waals surface area contributed by atoms with Crippen LogP contribution in [0.15, 0.2) is 42.5 Å². The van der Waals surface area contributed by atoms with Crippen LogP contribution in [0.3, 0.4) is 0 Å². The maximum atomic E-state index is 6.26. The van der Waals surface area contributed by atoms with E-state index in [9.17, 15) is 0 Å². The van der Waals surface area contributed by atoms with Crippen molar-refractivity contribution in [1.82, 2.24) is 0 Å². The van der Waals surface area contributed by atoms with Gasteiger partial charge in [-0.1, -0.05) is 43.3 Å². The molecule has 0 saturated heterocycles. The molecule has 0 aromatic heterocycles. The second kappa shape index (κ2) is 5.30. The van der Waals surface area contributed by atoms with Gasteiger partial charge in [-0.25, -0.2) is 0 Å². The molecule has 0 bridgehead atoms. The van der Waals surface area contributed by atoms with Crippen LogP contribution in [0.25, 0.3) is 10.8 Å². The van der Waals surface area contributed by atoms with Gasteiger partial charge in [-0.05, 0) is 41.3 Å². The van der Waals surface area contributed by atoms with Crippen LogP contribution in [0.5, 0.6) is 0 Å². The van der Waals surface area contributed by atoms with Gasteiger partial charge in [-0.3, -0.25) is 0 Å². The third-order valence-corrected chi connectivity index (χ3v) is 3.39. The van der Waals surface area contributed by atoms with Gasteiger partial charge < -0.3 is 11.5 Å². The minimum absolute atomic E-state index is 0.0724. The minimum atomic E-state index is 0.0724. The molecule has 0 saturated carbocycles. The van der Waals surface area contributed by atoms with Crippen molar-refractivity contribution in [2.45, 2.75) is 19.4 Å². The van der Waals surface area contributed by atoms with Gasteiger partial charge in [0.1, 0.15) is 0 Å². The SMILES string of the molecule is CC(CCN)C(N)c1ccc2ccccc2c1. The van der Waals surface area contributed by atoms with Crippen molar-refractivity contribution in [3.63, 3.8) is 0 Å². The second-order valence-corrected chi connectivity index (χ2v) is 4.69. The highest BCUT2D eigenvalue weighted by Crippen LogP contribution is 2.25. The summed E-state index contributed by atoms with van der Waals surface area (Å²) in [5.74, 6) is 0.418. The minimum Gasteiger partial charge on any atom is -0.330 e. The summed E-state index contributed by atoms with van der Waals surface area (Å²) in [5.41, 5.74) is 13.0. The smallest absolute Gasteiger partial charge is 0.0321 e. The molecule has 2 aromatic carbocycles. The van der Waals surface area contributed by atoms with E-state index in [4.69, 9.17) is 11.5 Å². The Kier molecular flexibility index (Phi) is 3.77. The Labute approximate surface area is 103 Å². The van der Waals surface area contributed by atoms with E-state index in [-0.39, 0.29) is 6.04 Å². The Hall–Kier alpha value is -1.38. The molecule has 90 valence electrons. The van der Waals surface area contributed by atoms with E-state index >= 15 is 0 Å². The Morgan fingerprint density at radius 3 is 2.47 bits per heavy atom. The number of hydrogen-bond donors (Lipinski definition) is 2. The van der Waals surface area contributed by atoms with Crippen LogP contribution in [0.1, 0.15) is 24.9 Å². The molecule has 2 rings (SSSR count). The number of nitrogens with two attached hydrogens (primary N) is 2. The van der Waals surface area contributed by atoms with Gasteiger partial charge in [-0.2, -0.15) is 0 Å². The zero-order valence-electron chi connectivity index (χ0n) is 10.3. The maximum absolute atomic E-state index is 6.26. The van der Waals surface area contributed by atoms with Crippen molar-refractivity contribution < 1.29 is 0 Å². The normalized spacial score (nSPS) is 14.8. The van der Waals surface area contributed by atoms with Crippen molar-refractivity contribution >= 4 is 10.8 Å². The lowest BCUT2D eigenvalue weighted by atomic mass is 9.91. The van der Waals surface area contributed by atoms with Gasteiger partial charge in [0.2, 0.25) is 0 Å². The first-order valence-electron chi connectivity index (χ1n) is 6.16. The topological polar surface area (TPSA) is 52.0 Å². The molecule has 17 heavy (non-hydrogen) atoms. The fraction of sp³-hybridized carbons (Fsp3) is 0.333. The molecule has 2 nitrogen and oxygen atoms in total. The van der Waals surface area contributed by atoms with Crippen molar-refractivity contribution in [2.75, 3.05) is 6.54 Å². The van der Waals surface area contributed by atoms with Crippen LogP contribution < -0.4 is 11.5 Å². The van der Waals surface area contributed by atoms with E-state index in [1.54, 1.807) is 0 Å². The van der Waals surface area contributed by atoms with Gasteiger partial charge in [0.15, 0.2) is 0 Å².